The van der Waals surface area contributed by atoms with Crippen molar-refractivity contribution in [2.75, 3.05) is 12.4 Å². The Hall–Kier alpha value is -3.19. The number of dihydropyridines is 1. The van der Waals surface area contributed by atoms with Crippen LogP contribution in [0.15, 0.2) is 46.8 Å². The van der Waals surface area contributed by atoms with Gasteiger partial charge in [-0.05, 0) is 67.6 Å². The minimum atomic E-state index is -0.475. The highest BCUT2D eigenvalue weighted by atomic mass is 32.1. The molecule has 1 atom stereocenters. The number of amides is 1. The molecule has 5 rings (SSSR count). The van der Waals surface area contributed by atoms with Crippen molar-refractivity contribution in [2.24, 2.45) is 5.41 Å². The molecule has 0 unspecified atom stereocenters. The van der Waals surface area contributed by atoms with E-state index in [1.807, 2.05) is 19.1 Å². The third-order valence-electron chi connectivity index (χ3n) is 7.99. The van der Waals surface area contributed by atoms with E-state index in [1.165, 1.54) is 24.0 Å². The van der Waals surface area contributed by atoms with E-state index in [0.717, 1.165) is 65.9 Å². The molecule has 1 aliphatic heterocycles. The van der Waals surface area contributed by atoms with Crippen LogP contribution >= 0.6 is 11.3 Å². The smallest absolute Gasteiger partial charge is 0.341 e. The minimum Gasteiger partial charge on any atom is -0.465 e. The van der Waals surface area contributed by atoms with Gasteiger partial charge in [-0.15, -0.1) is 11.3 Å². The summed E-state index contributed by atoms with van der Waals surface area (Å²) in [6.45, 7) is 8.22. The SMILES string of the molecule is CCc1ccc([C@H]2C(C(=O)Nc3sc4c(c3C(=O)OC)CCCC4)=C(C)NC3=C2C(=O)CC(C)(C)C3)cc1. The van der Waals surface area contributed by atoms with Gasteiger partial charge in [-0.1, -0.05) is 45.0 Å². The molecule has 200 valence electrons. The Morgan fingerprint density at radius 3 is 2.53 bits per heavy atom. The first-order chi connectivity index (χ1) is 18.1. The molecular weight excluding hydrogens is 496 g/mol. The van der Waals surface area contributed by atoms with Gasteiger partial charge in [0.1, 0.15) is 5.00 Å². The number of esters is 1. The second-order valence-corrected chi connectivity index (χ2v) is 12.5. The molecule has 1 amide bonds. The number of Topliss-reactive ketones (excluding diaryl/α,β-unsaturated/α-hetero) is 1. The number of nitrogens with one attached hydrogen (secondary N) is 2. The fraction of sp³-hybridized carbons (Fsp3) is 0.452. The van der Waals surface area contributed by atoms with E-state index in [2.05, 4.69) is 43.5 Å². The van der Waals surface area contributed by atoms with E-state index in [9.17, 15) is 14.4 Å². The summed E-state index contributed by atoms with van der Waals surface area (Å²) in [6.07, 6.45) is 5.89. The fourth-order valence-corrected chi connectivity index (χ4v) is 7.43. The van der Waals surface area contributed by atoms with Gasteiger partial charge in [0.25, 0.3) is 5.91 Å². The lowest BCUT2D eigenvalue weighted by Gasteiger charge is -2.39. The van der Waals surface area contributed by atoms with Crippen LogP contribution in [-0.4, -0.2) is 24.8 Å². The predicted octanol–water partition coefficient (Wildman–Crippen LogP) is 6.22. The average molecular weight is 533 g/mol. The summed E-state index contributed by atoms with van der Waals surface area (Å²) < 4.78 is 5.11. The first-order valence-corrected chi connectivity index (χ1v) is 14.3. The largest absolute Gasteiger partial charge is 0.465 e. The summed E-state index contributed by atoms with van der Waals surface area (Å²) in [5, 5.41) is 7.04. The normalized spacial score (nSPS) is 20.4. The van der Waals surface area contributed by atoms with Crippen LogP contribution in [0.5, 0.6) is 0 Å². The van der Waals surface area contributed by atoms with Crippen molar-refractivity contribution in [2.45, 2.75) is 78.6 Å². The summed E-state index contributed by atoms with van der Waals surface area (Å²) in [7, 11) is 1.37. The van der Waals surface area contributed by atoms with Crippen LogP contribution in [0.25, 0.3) is 0 Å². The lowest BCUT2D eigenvalue weighted by Crippen LogP contribution is -2.39. The number of ether oxygens (including phenoxy) is 1. The molecule has 6 nitrogen and oxygen atoms in total. The van der Waals surface area contributed by atoms with E-state index >= 15 is 0 Å². The zero-order valence-corrected chi connectivity index (χ0v) is 23.7. The van der Waals surface area contributed by atoms with Crippen LogP contribution in [0.3, 0.4) is 0 Å². The Morgan fingerprint density at radius 1 is 1.13 bits per heavy atom. The van der Waals surface area contributed by atoms with Crippen molar-refractivity contribution >= 4 is 34.0 Å². The third-order valence-corrected chi connectivity index (χ3v) is 9.20. The highest BCUT2D eigenvalue weighted by Crippen LogP contribution is 2.47. The molecule has 3 aliphatic rings. The van der Waals surface area contributed by atoms with Gasteiger partial charge in [0, 0.05) is 39.8 Å². The Labute approximate surface area is 228 Å². The maximum absolute atomic E-state index is 14.1. The van der Waals surface area contributed by atoms with Crippen LogP contribution in [0.2, 0.25) is 0 Å². The number of benzene rings is 1. The Balaban J connectivity index is 1.58. The molecule has 2 heterocycles. The number of fused-ring (bicyclic) bond motifs is 1. The van der Waals surface area contributed by atoms with Crippen molar-refractivity contribution < 1.29 is 19.1 Å². The Morgan fingerprint density at radius 2 is 1.84 bits per heavy atom. The molecule has 2 aliphatic carbocycles. The zero-order valence-electron chi connectivity index (χ0n) is 22.9. The summed E-state index contributed by atoms with van der Waals surface area (Å²) in [5.74, 6) is -1.12. The average Bonchev–Trinajstić information content (AvgIpc) is 3.24. The van der Waals surface area contributed by atoms with Gasteiger partial charge >= 0.3 is 5.97 Å². The Kier molecular flexibility index (Phi) is 7.07. The molecule has 0 bridgehead atoms. The number of hydrogen-bond donors (Lipinski definition) is 2. The highest BCUT2D eigenvalue weighted by Gasteiger charge is 2.43. The summed E-state index contributed by atoms with van der Waals surface area (Å²) in [4.78, 5) is 41.6. The van der Waals surface area contributed by atoms with Crippen LogP contribution in [-0.2, 0) is 33.6 Å². The van der Waals surface area contributed by atoms with Gasteiger partial charge in [0.05, 0.1) is 12.7 Å². The molecule has 0 saturated heterocycles. The van der Waals surface area contributed by atoms with Gasteiger partial charge in [0.2, 0.25) is 0 Å². The van der Waals surface area contributed by atoms with Gasteiger partial charge in [-0.3, -0.25) is 9.59 Å². The molecule has 7 heteroatoms. The maximum atomic E-state index is 14.1. The van der Waals surface area contributed by atoms with Crippen LogP contribution < -0.4 is 10.6 Å². The zero-order chi connectivity index (χ0) is 27.2. The minimum absolute atomic E-state index is 0.0768. The standard InChI is InChI=1S/C31H36N2O4S/c1-6-18-11-13-19(14-12-18)25-24(17(2)32-21-15-31(3,4)16-22(34)27(21)25)28(35)33-29-26(30(36)37-5)20-9-7-8-10-23(20)38-29/h11-14,25,32H,6-10,15-16H2,1-5H3,(H,33,35)/t25-/m0/s1. The third kappa shape index (κ3) is 4.73. The monoisotopic (exact) mass is 532 g/mol. The first kappa shape index (κ1) is 26.4. The topological polar surface area (TPSA) is 84.5 Å². The number of ketones is 1. The molecule has 1 aromatic carbocycles. The number of allylic oxidation sites excluding steroid dienone is 3. The van der Waals surface area contributed by atoms with Gasteiger partial charge in [-0.2, -0.15) is 0 Å². The van der Waals surface area contributed by atoms with E-state index in [0.29, 0.717) is 28.1 Å². The van der Waals surface area contributed by atoms with Crippen molar-refractivity contribution in [3.63, 3.8) is 0 Å². The van der Waals surface area contributed by atoms with E-state index < -0.39 is 11.9 Å². The highest BCUT2D eigenvalue weighted by molar-refractivity contribution is 7.17. The molecule has 0 saturated carbocycles. The summed E-state index contributed by atoms with van der Waals surface area (Å²) >= 11 is 1.47. The van der Waals surface area contributed by atoms with E-state index in [1.54, 1.807) is 0 Å². The van der Waals surface area contributed by atoms with Crippen LogP contribution in [0, 0.1) is 5.41 Å². The number of methoxy groups -OCH3 is 1. The fourth-order valence-electron chi connectivity index (χ4n) is 6.16. The van der Waals surface area contributed by atoms with Crippen molar-refractivity contribution in [1.82, 2.24) is 5.32 Å². The molecule has 0 fully saturated rings. The van der Waals surface area contributed by atoms with Gasteiger partial charge < -0.3 is 15.4 Å². The van der Waals surface area contributed by atoms with Crippen molar-refractivity contribution in [3.8, 4) is 0 Å². The van der Waals surface area contributed by atoms with Gasteiger partial charge in [0.15, 0.2) is 5.78 Å². The lowest BCUT2D eigenvalue weighted by atomic mass is 9.68. The predicted molar refractivity (Wildman–Crippen MR) is 150 cm³/mol. The number of hydrogen-bond acceptors (Lipinski definition) is 6. The second-order valence-electron chi connectivity index (χ2n) is 11.4. The van der Waals surface area contributed by atoms with E-state index in [-0.39, 0.29) is 17.1 Å². The van der Waals surface area contributed by atoms with Crippen molar-refractivity contribution in [1.29, 1.82) is 0 Å². The number of rotatable bonds is 5. The number of aryl methyl sites for hydroxylation is 2. The number of carbonyl (C=O) groups is 3. The Bertz CT molecular complexity index is 1380. The molecular formula is C31H36N2O4S. The molecule has 0 radical (unpaired) electrons. The number of carbonyl (C=O) groups excluding carboxylic acids is 3. The van der Waals surface area contributed by atoms with Crippen LogP contribution in [0.4, 0.5) is 5.00 Å². The van der Waals surface area contributed by atoms with Gasteiger partial charge in [-0.25, -0.2) is 4.79 Å². The molecule has 2 aromatic rings. The van der Waals surface area contributed by atoms with Crippen LogP contribution in [0.1, 0.15) is 91.2 Å². The first-order valence-electron chi connectivity index (χ1n) is 13.5. The number of anilines is 1. The lowest BCUT2D eigenvalue weighted by molar-refractivity contribution is -0.118. The number of thiophene rings is 1. The molecule has 1 aromatic heterocycles. The second kappa shape index (κ2) is 10.2. The molecule has 38 heavy (non-hydrogen) atoms. The maximum Gasteiger partial charge on any atom is 0.341 e. The molecule has 0 spiro atoms. The quantitative estimate of drug-likeness (QED) is 0.447. The summed E-state index contributed by atoms with van der Waals surface area (Å²) in [5.41, 5.74) is 6.29. The van der Waals surface area contributed by atoms with Crippen molar-refractivity contribution in [3.05, 3.63) is 73.9 Å². The summed E-state index contributed by atoms with van der Waals surface area (Å²) in [6, 6.07) is 8.22. The van der Waals surface area contributed by atoms with E-state index in [4.69, 9.17) is 4.74 Å². The molecule has 2 N–H and O–H groups in total.